The second-order valence-corrected chi connectivity index (χ2v) is 5.39. The molecule has 0 fully saturated rings. The summed E-state index contributed by atoms with van der Waals surface area (Å²) in [6, 6.07) is 0. The SMILES string of the molecule is CCN(CC)C(=O)CCC(=O)NC(C)(C)CCC(=O)O. The molecule has 0 aromatic carbocycles. The number of hydrogen-bond acceptors (Lipinski definition) is 3. The highest BCUT2D eigenvalue weighted by Gasteiger charge is 2.22. The van der Waals surface area contributed by atoms with Crippen molar-refractivity contribution in [2.24, 2.45) is 0 Å². The molecule has 6 nitrogen and oxygen atoms in total. The summed E-state index contributed by atoms with van der Waals surface area (Å²) in [5.74, 6) is -1.14. The molecule has 0 aromatic heterocycles. The molecule has 0 atom stereocenters. The van der Waals surface area contributed by atoms with Crippen LogP contribution in [0.15, 0.2) is 0 Å². The number of carboxylic acids is 1. The zero-order chi connectivity index (χ0) is 15.8. The van der Waals surface area contributed by atoms with Crippen LogP contribution < -0.4 is 5.32 Å². The van der Waals surface area contributed by atoms with Crippen molar-refractivity contribution in [2.75, 3.05) is 13.1 Å². The molecule has 0 spiro atoms. The molecule has 0 saturated carbocycles. The normalized spacial score (nSPS) is 11.0. The van der Waals surface area contributed by atoms with Gasteiger partial charge in [-0.2, -0.15) is 0 Å². The number of carbonyl (C=O) groups is 3. The van der Waals surface area contributed by atoms with Gasteiger partial charge in [0.2, 0.25) is 11.8 Å². The highest BCUT2D eigenvalue weighted by molar-refractivity contribution is 5.84. The van der Waals surface area contributed by atoms with E-state index >= 15 is 0 Å². The van der Waals surface area contributed by atoms with Gasteiger partial charge < -0.3 is 15.3 Å². The molecular weight excluding hydrogens is 260 g/mol. The number of aliphatic carboxylic acids is 1. The molecule has 0 rings (SSSR count). The van der Waals surface area contributed by atoms with Crippen molar-refractivity contribution in [1.29, 1.82) is 0 Å². The van der Waals surface area contributed by atoms with Gasteiger partial charge in [0, 0.05) is 37.9 Å². The molecule has 116 valence electrons. The molecular formula is C14H26N2O4. The summed E-state index contributed by atoms with van der Waals surface area (Å²) >= 11 is 0. The van der Waals surface area contributed by atoms with Gasteiger partial charge in [-0.15, -0.1) is 0 Å². The van der Waals surface area contributed by atoms with E-state index in [4.69, 9.17) is 5.11 Å². The Kier molecular flexibility index (Phi) is 7.87. The van der Waals surface area contributed by atoms with Gasteiger partial charge in [-0.05, 0) is 34.1 Å². The number of nitrogens with one attached hydrogen (secondary N) is 1. The lowest BCUT2D eigenvalue weighted by molar-refractivity contribution is -0.137. The fourth-order valence-corrected chi connectivity index (χ4v) is 1.88. The lowest BCUT2D eigenvalue weighted by Crippen LogP contribution is -2.44. The zero-order valence-electron chi connectivity index (χ0n) is 12.9. The van der Waals surface area contributed by atoms with Gasteiger partial charge >= 0.3 is 5.97 Å². The summed E-state index contributed by atoms with van der Waals surface area (Å²) in [5, 5.41) is 11.4. The molecule has 20 heavy (non-hydrogen) atoms. The van der Waals surface area contributed by atoms with E-state index in [9.17, 15) is 14.4 Å². The third kappa shape index (κ3) is 7.76. The summed E-state index contributed by atoms with van der Waals surface area (Å²) in [5.41, 5.74) is -0.576. The Bertz CT molecular complexity index is 349. The first-order chi connectivity index (χ1) is 9.21. The van der Waals surface area contributed by atoms with Gasteiger partial charge in [0.15, 0.2) is 0 Å². The summed E-state index contributed by atoms with van der Waals surface area (Å²) in [6.45, 7) is 8.63. The van der Waals surface area contributed by atoms with Gasteiger partial charge in [-0.3, -0.25) is 14.4 Å². The molecule has 0 aliphatic carbocycles. The standard InChI is InChI=1S/C14H26N2O4/c1-5-16(6-2)12(18)8-7-11(17)15-14(3,4)10-9-13(19)20/h5-10H2,1-4H3,(H,15,17)(H,19,20). The first-order valence-corrected chi connectivity index (χ1v) is 7.02. The summed E-state index contributed by atoms with van der Waals surface area (Å²) in [7, 11) is 0. The fourth-order valence-electron chi connectivity index (χ4n) is 1.88. The van der Waals surface area contributed by atoms with Crippen LogP contribution in [0.5, 0.6) is 0 Å². The minimum absolute atomic E-state index is 0.00561. The molecule has 0 aliphatic rings. The van der Waals surface area contributed by atoms with Crippen LogP contribution in [0.2, 0.25) is 0 Å². The Morgan fingerprint density at radius 3 is 2.05 bits per heavy atom. The van der Waals surface area contributed by atoms with Crippen LogP contribution in [0, 0.1) is 0 Å². The minimum atomic E-state index is -0.885. The molecule has 0 saturated heterocycles. The van der Waals surface area contributed by atoms with Gasteiger partial charge in [0.25, 0.3) is 0 Å². The van der Waals surface area contributed by atoms with Crippen molar-refractivity contribution in [3.8, 4) is 0 Å². The van der Waals surface area contributed by atoms with E-state index < -0.39 is 11.5 Å². The molecule has 6 heteroatoms. The first-order valence-electron chi connectivity index (χ1n) is 7.02. The van der Waals surface area contributed by atoms with Crippen molar-refractivity contribution in [2.45, 2.75) is 58.9 Å². The van der Waals surface area contributed by atoms with Crippen molar-refractivity contribution in [3.05, 3.63) is 0 Å². The number of nitrogens with zero attached hydrogens (tertiary/aromatic N) is 1. The number of carbonyl (C=O) groups excluding carboxylic acids is 2. The average molecular weight is 286 g/mol. The number of hydrogen-bond donors (Lipinski definition) is 2. The van der Waals surface area contributed by atoms with Crippen LogP contribution in [0.25, 0.3) is 0 Å². The zero-order valence-corrected chi connectivity index (χ0v) is 12.9. The Labute approximate surface area is 120 Å². The molecule has 0 aromatic rings. The van der Waals surface area contributed by atoms with Crippen LogP contribution in [0.4, 0.5) is 0 Å². The van der Waals surface area contributed by atoms with Crippen LogP contribution in [-0.4, -0.2) is 46.4 Å². The van der Waals surface area contributed by atoms with E-state index in [2.05, 4.69) is 5.32 Å². The molecule has 0 bridgehead atoms. The first kappa shape index (κ1) is 18.4. The van der Waals surface area contributed by atoms with Crippen LogP contribution in [0.1, 0.15) is 53.4 Å². The summed E-state index contributed by atoms with van der Waals surface area (Å²) in [4.78, 5) is 35.7. The van der Waals surface area contributed by atoms with Gasteiger partial charge in [0.05, 0.1) is 0 Å². The van der Waals surface area contributed by atoms with Crippen LogP contribution >= 0.6 is 0 Å². The van der Waals surface area contributed by atoms with Crippen molar-refractivity contribution < 1.29 is 19.5 Å². The maximum absolute atomic E-state index is 11.8. The smallest absolute Gasteiger partial charge is 0.303 e. The average Bonchev–Trinajstić information content (AvgIpc) is 2.35. The molecule has 0 unspecified atom stereocenters. The molecule has 0 aliphatic heterocycles. The van der Waals surface area contributed by atoms with Crippen LogP contribution in [0.3, 0.4) is 0 Å². The third-order valence-corrected chi connectivity index (χ3v) is 3.12. The summed E-state index contributed by atoms with van der Waals surface area (Å²) < 4.78 is 0. The van der Waals surface area contributed by atoms with E-state index in [1.165, 1.54) is 0 Å². The number of rotatable bonds is 9. The van der Waals surface area contributed by atoms with Crippen molar-refractivity contribution in [1.82, 2.24) is 10.2 Å². The van der Waals surface area contributed by atoms with E-state index in [0.717, 1.165) is 0 Å². The Balaban J connectivity index is 4.16. The second-order valence-electron chi connectivity index (χ2n) is 5.39. The largest absolute Gasteiger partial charge is 0.481 e. The maximum atomic E-state index is 11.8. The third-order valence-electron chi connectivity index (χ3n) is 3.12. The predicted molar refractivity (Wildman–Crippen MR) is 76.3 cm³/mol. The lowest BCUT2D eigenvalue weighted by Gasteiger charge is -2.26. The van der Waals surface area contributed by atoms with E-state index in [1.807, 2.05) is 13.8 Å². The van der Waals surface area contributed by atoms with Gasteiger partial charge in [0.1, 0.15) is 0 Å². The highest BCUT2D eigenvalue weighted by Crippen LogP contribution is 2.12. The van der Waals surface area contributed by atoms with E-state index in [1.54, 1.807) is 18.7 Å². The number of amides is 2. The Morgan fingerprint density at radius 1 is 1.05 bits per heavy atom. The van der Waals surface area contributed by atoms with Gasteiger partial charge in [-0.1, -0.05) is 0 Å². The van der Waals surface area contributed by atoms with Crippen molar-refractivity contribution >= 4 is 17.8 Å². The van der Waals surface area contributed by atoms with E-state index in [-0.39, 0.29) is 31.1 Å². The number of carboxylic acid groups (broad SMARTS) is 1. The quantitative estimate of drug-likeness (QED) is 0.670. The van der Waals surface area contributed by atoms with Crippen molar-refractivity contribution in [3.63, 3.8) is 0 Å². The van der Waals surface area contributed by atoms with Crippen LogP contribution in [-0.2, 0) is 14.4 Å². The monoisotopic (exact) mass is 286 g/mol. The highest BCUT2D eigenvalue weighted by atomic mass is 16.4. The second kappa shape index (κ2) is 8.55. The molecule has 0 heterocycles. The molecule has 2 amide bonds. The predicted octanol–water partition coefficient (Wildman–Crippen LogP) is 1.39. The molecule has 2 N–H and O–H groups in total. The Hall–Kier alpha value is -1.59. The Morgan fingerprint density at radius 2 is 1.60 bits per heavy atom. The van der Waals surface area contributed by atoms with Gasteiger partial charge in [-0.25, -0.2) is 0 Å². The lowest BCUT2D eigenvalue weighted by atomic mass is 9.98. The minimum Gasteiger partial charge on any atom is -0.481 e. The van der Waals surface area contributed by atoms with E-state index in [0.29, 0.717) is 19.5 Å². The molecule has 0 radical (unpaired) electrons. The fraction of sp³-hybridized carbons (Fsp3) is 0.786. The summed E-state index contributed by atoms with van der Waals surface area (Å²) in [6.07, 6.45) is 0.679. The topological polar surface area (TPSA) is 86.7 Å². The maximum Gasteiger partial charge on any atom is 0.303 e.